The van der Waals surface area contributed by atoms with Crippen molar-refractivity contribution in [1.82, 2.24) is 8.96 Å². The van der Waals surface area contributed by atoms with Crippen molar-refractivity contribution in [2.45, 2.75) is 0 Å². The van der Waals surface area contributed by atoms with E-state index in [2.05, 4.69) is 4.98 Å². The summed E-state index contributed by atoms with van der Waals surface area (Å²) in [4.78, 5) is 3.57. The van der Waals surface area contributed by atoms with Gasteiger partial charge in [0.15, 0.2) is 0 Å². The van der Waals surface area contributed by atoms with Crippen molar-refractivity contribution in [1.29, 1.82) is 0 Å². The van der Waals surface area contributed by atoms with E-state index in [0.717, 1.165) is 3.97 Å². The molecule has 0 spiro atoms. The van der Waals surface area contributed by atoms with Crippen LogP contribution in [-0.2, 0) is 10.0 Å². The first-order valence-electron chi connectivity index (χ1n) is 2.99. The van der Waals surface area contributed by atoms with Crippen LogP contribution in [0.5, 0.6) is 0 Å². The van der Waals surface area contributed by atoms with Crippen LogP contribution in [0.15, 0.2) is 18.7 Å². The van der Waals surface area contributed by atoms with Crippen molar-refractivity contribution >= 4 is 10.0 Å². The van der Waals surface area contributed by atoms with Gasteiger partial charge in [-0.15, -0.1) is 0 Å². The van der Waals surface area contributed by atoms with Gasteiger partial charge in [0.1, 0.15) is 6.33 Å². The van der Waals surface area contributed by atoms with Gasteiger partial charge in [0.05, 0.1) is 12.4 Å². The molecule has 5 nitrogen and oxygen atoms in total. The fourth-order valence-electron chi connectivity index (χ4n) is 0.632. The summed E-state index contributed by atoms with van der Waals surface area (Å²) in [6, 6.07) is 0. The molecule has 0 radical (unpaired) electrons. The number of hydrogen-bond donors (Lipinski definition) is 1. The Morgan fingerprint density at radius 2 is 2.27 bits per heavy atom. The zero-order valence-electron chi connectivity index (χ0n) is 5.71. The van der Waals surface area contributed by atoms with Crippen LogP contribution >= 0.6 is 0 Å². The molecule has 1 aromatic rings. The summed E-state index contributed by atoms with van der Waals surface area (Å²) in [6.07, 6.45) is 3.88. The Bertz CT molecular complexity index is 302. The Hall–Kier alpha value is -0.880. The second-order valence-corrected chi connectivity index (χ2v) is 3.93. The minimum atomic E-state index is -3.36. The third kappa shape index (κ3) is 1.78. The lowest BCUT2D eigenvalue weighted by Crippen LogP contribution is -2.17. The predicted octanol–water partition coefficient (Wildman–Crippen LogP) is -0.947. The van der Waals surface area contributed by atoms with Crippen molar-refractivity contribution in [3.63, 3.8) is 0 Å². The lowest BCUT2D eigenvalue weighted by molar-refractivity contribution is 0.319. The lowest BCUT2D eigenvalue weighted by Gasteiger charge is -2.00. The molecule has 0 saturated carbocycles. The van der Waals surface area contributed by atoms with Crippen molar-refractivity contribution in [3.8, 4) is 0 Å². The zero-order valence-corrected chi connectivity index (χ0v) is 6.53. The minimum absolute atomic E-state index is 0.274. The van der Waals surface area contributed by atoms with Crippen molar-refractivity contribution < 1.29 is 13.5 Å². The fraction of sp³-hybridized carbons (Fsp3) is 0.400. The summed E-state index contributed by atoms with van der Waals surface area (Å²) in [6.45, 7) is -0.374. The molecule has 0 aliphatic rings. The summed E-state index contributed by atoms with van der Waals surface area (Å²) < 4.78 is 23.1. The van der Waals surface area contributed by atoms with Gasteiger partial charge in [0.2, 0.25) is 10.0 Å². The topological polar surface area (TPSA) is 72.2 Å². The molecule has 1 N–H and O–H groups in total. The molecule has 6 heteroatoms. The normalized spacial score (nSPS) is 11.7. The van der Waals surface area contributed by atoms with E-state index in [1.807, 2.05) is 0 Å². The second kappa shape index (κ2) is 3.02. The highest BCUT2D eigenvalue weighted by Crippen LogP contribution is 1.94. The zero-order chi connectivity index (χ0) is 8.32. The number of nitrogens with zero attached hydrogens (tertiary/aromatic N) is 2. The molecule has 1 rings (SSSR count). The summed E-state index contributed by atoms with van der Waals surface area (Å²) in [5.74, 6) is -0.274. The maximum Gasteiger partial charge on any atom is 0.242 e. The summed E-state index contributed by atoms with van der Waals surface area (Å²) in [7, 11) is -3.36. The van der Waals surface area contributed by atoms with Crippen LogP contribution < -0.4 is 0 Å². The third-order valence-corrected chi connectivity index (χ3v) is 2.71. The molecule has 0 unspecified atom stereocenters. The van der Waals surface area contributed by atoms with Gasteiger partial charge >= 0.3 is 0 Å². The number of aliphatic hydroxyl groups excluding tert-OH is 1. The molecule has 1 heterocycles. The molecule has 11 heavy (non-hydrogen) atoms. The Labute approximate surface area is 64.4 Å². The number of hydrogen-bond acceptors (Lipinski definition) is 4. The van der Waals surface area contributed by atoms with Crippen molar-refractivity contribution in [2.75, 3.05) is 12.4 Å². The molecular formula is C5H8N2O3S. The fourth-order valence-corrected chi connectivity index (χ4v) is 1.51. The third-order valence-electron chi connectivity index (χ3n) is 1.15. The van der Waals surface area contributed by atoms with Crippen LogP contribution in [0.1, 0.15) is 0 Å². The smallest absolute Gasteiger partial charge is 0.242 e. The lowest BCUT2D eigenvalue weighted by atomic mass is 10.9. The number of aliphatic hydroxyl groups is 1. The predicted molar refractivity (Wildman–Crippen MR) is 38.5 cm³/mol. The van der Waals surface area contributed by atoms with E-state index in [1.54, 1.807) is 0 Å². The van der Waals surface area contributed by atoms with Gasteiger partial charge in [-0.25, -0.2) is 17.4 Å². The largest absolute Gasteiger partial charge is 0.395 e. The highest BCUT2D eigenvalue weighted by Gasteiger charge is 2.09. The standard InChI is InChI=1S/C5H8N2O3S/c8-3-4-11(9,10)7-2-1-6-5-7/h1-2,5,8H,3-4H2. The molecule has 0 aliphatic heterocycles. The van der Waals surface area contributed by atoms with Gasteiger partial charge in [0, 0.05) is 12.4 Å². The molecule has 0 fully saturated rings. The molecule has 0 aromatic carbocycles. The van der Waals surface area contributed by atoms with E-state index in [9.17, 15) is 8.42 Å². The maximum atomic E-state index is 11.1. The van der Waals surface area contributed by atoms with Crippen LogP contribution in [0.25, 0.3) is 0 Å². The van der Waals surface area contributed by atoms with Crippen LogP contribution in [0.3, 0.4) is 0 Å². The first-order chi connectivity index (χ1) is 5.17. The van der Waals surface area contributed by atoms with Crippen LogP contribution in [-0.4, -0.2) is 34.8 Å². The van der Waals surface area contributed by atoms with E-state index in [-0.39, 0.29) is 12.4 Å². The molecule has 0 aliphatic carbocycles. The van der Waals surface area contributed by atoms with Crippen LogP contribution in [0, 0.1) is 0 Å². The number of rotatable bonds is 3. The quantitative estimate of drug-likeness (QED) is 0.644. The molecule has 0 amide bonds. The Morgan fingerprint density at radius 3 is 2.73 bits per heavy atom. The monoisotopic (exact) mass is 176 g/mol. The first kappa shape index (κ1) is 8.22. The van der Waals surface area contributed by atoms with Gasteiger partial charge in [-0.2, -0.15) is 0 Å². The summed E-state index contributed by atoms with van der Waals surface area (Å²) >= 11 is 0. The van der Waals surface area contributed by atoms with Crippen molar-refractivity contribution in [3.05, 3.63) is 18.7 Å². The molecule has 0 atom stereocenters. The number of aromatic nitrogens is 2. The average Bonchev–Trinajstić information content (AvgIpc) is 2.37. The van der Waals surface area contributed by atoms with Gasteiger partial charge < -0.3 is 5.11 Å². The Kier molecular flexibility index (Phi) is 2.25. The Morgan fingerprint density at radius 1 is 1.55 bits per heavy atom. The van der Waals surface area contributed by atoms with Gasteiger partial charge in [-0.05, 0) is 0 Å². The second-order valence-electron chi connectivity index (χ2n) is 1.93. The maximum absolute atomic E-state index is 11.1. The number of imidazole rings is 1. The highest BCUT2D eigenvalue weighted by molar-refractivity contribution is 7.89. The molecule has 62 valence electrons. The van der Waals surface area contributed by atoms with E-state index >= 15 is 0 Å². The molecule has 0 bridgehead atoms. The summed E-state index contributed by atoms with van der Waals surface area (Å²) in [5, 5.41) is 8.39. The average molecular weight is 176 g/mol. The molecular weight excluding hydrogens is 168 g/mol. The molecule has 1 aromatic heterocycles. The van der Waals surface area contributed by atoms with E-state index < -0.39 is 10.0 Å². The van der Waals surface area contributed by atoms with Gasteiger partial charge in [0.25, 0.3) is 0 Å². The summed E-state index contributed by atoms with van der Waals surface area (Å²) in [5.41, 5.74) is 0. The van der Waals surface area contributed by atoms with Crippen LogP contribution in [0.4, 0.5) is 0 Å². The molecule has 0 saturated heterocycles. The van der Waals surface area contributed by atoms with E-state index in [4.69, 9.17) is 5.11 Å². The van der Waals surface area contributed by atoms with E-state index in [1.165, 1.54) is 18.7 Å². The van der Waals surface area contributed by atoms with Gasteiger partial charge in [-0.3, -0.25) is 0 Å². The van der Waals surface area contributed by atoms with Crippen molar-refractivity contribution in [2.24, 2.45) is 0 Å². The van der Waals surface area contributed by atoms with E-state index in [0.29, 0.717) is 0 Å². The van der Waals surface area contributed by atoms with Crippen LogP contribution in [0.2, 0.25) is 0 Å². The first-order valence-corrected chi connectivity index (χ1v) is 4.60. The Balaban J connectivity index is 2.92. The SMILES string of the molecule is O=S(=O)(CCO)n1ccnc1. The minimum Gasteiger partial charge on any atom is -0.395 e. The highest BCUT2D eigenvalue weighted by atomic mass is 32.2. The van der Waals surface area contributed by atoms with Gasteiger partial charge in [-0.1, -0.05) is 0 Å².